The lowest BCUT2D eigenvalue weighted by Gasteiger charge is -2.24. The molecule has 0 radical (unpaired) electrons. The fourth-order valence-electron chi connectivity index (χ4n) is 1.72. The Kier molecular flexibility index (Phi) is 6.08. The van der Waals surface area contributed by atoms with Crippen molar-refractivity contribution in [3.8, 4) is 0 Å². The highest BCUT2D eigenvalue weighted by Crippen LogP contribution is 2.22. The molecular formula is C14H18Cl2FNO. The molecule has 0 aliphatic heterocycles. The van der Waals surface area contributed by atoms with Crippen molar-refractivity contribution in [2.45, 2.75) is 26.7 Å². The molecule has 1 aromatic carbocycles. The summed E-state index contributed by atoms with van der Waals surface area (Å²) in [4.78, 5) is 11.9. The van der Waals surface area contributed by atoms with Crippen molar-refractivity contribution in [2.24, 2.45) is 5.41 Å². The number of halogens is 3. The van der Waals surface area contributed by atoms with Crippen LogP contribution in [0.15, 0.2) is 18.2 Å². The maximum Gasteiger partial charge on any atom is 0.254 e. The highest BCUT2D eigenvalue weighted by Gasteiger charge is 2.20. The molecule has 0 aliphatic rings. The van der Waals surface area contributed by atoms with Gasteiger partial charge in [-0.1, -0.05) is 25.4 Å². The summed E-state index contributed by atoms with van der Waals surface area (Å²) >= 11 is 11.3. The Hall–Kier alpha value is -0.800. The molecule has 0 spiro atoms. The average molecular weight is 306 g/mol. The fourth-order valence-corrected chi connectivity index (χ4v) is 2.01. The van der Waals surface area contributed by atoms with Crippen LogP contribution in [0.3, 0.4) is 0 Å². The van der Waals surface area contributed by atoms with Gasteiger partial charge in [-0.25, -0.2) is 4.39 Å². The summed E-state index contributed by atoms with van der Waals surface area (Å²) in [7, 11) is 0. The van der Waals surface area contributed by atoms with E-state index in [-0.39, 0.29) is 16.0 Å². The molecule has 1 aromatic rings. The van der Waals surface area contributed by atoms with Gasteiger partial charge < -0.3 is 5.32 Å². The average Bonchev–Trinajstić information content (AvgIpc) is 2.34. The standard InChI is InChI=1S/C14H18Cl2FNO/c1-14(2,6-3-7-15)9-18-13(19)11-5-4-10(16)8-12(11)17/h4-5,8H,3,6-7,9H2,1-2H3,(H,18,19). The minimum atomic E-state index is -0.608. The van der Waals surface area contributed by atoms with Gasteiger partial charge in [-0.05, 0) is 36.5 Å². The lowest BCUT2D eigenvalue weighted by molar-refractivity contribution is 0.0930. The minimum absolute atomic E-state index is 0.0116. The minimum Gasteiger partial charge on any atom is -0.351 e. The first-order valence-corrected chi connectivity index (χ1v) is 7.06. The smallest absolute Gasteiger partial charge is 0.254 e. The molecule has 106 valence electrons. The number of nitrogens with one attached hydrogen (secondary N) is 1. The molecule has 2 nitrogen and oxygen atoms in total. The van der Waals surface area contributed by atoms with Crippen LogP contribution in [0.4, 0.5) is 4.39 Å². The molecule has 1 rings (SSSR count). The van der Waals surface area contributed by atoms with E-state index < -0.39 is 11.7 Å². The zero-order valence-corrected chi connectivity index (χ0v) is 12.6. The molecule has 0 saturated heterocycles. The van der Waals surface area contributed by atoms with Gasteiger partial charge in [-0.2, -0.15) is 0 Å². The summed E-state index contributed by atoms with van der Waals surface area (Å²) in [6.07, 6.45) is 1.79. The lowest BCUT2D eigenvalue weighted by Crippen LogP contribution is -2.34. The molecule has 5 heteroatoms. The van der Waals surface area contributed by atoms with E-state index in [1.165, 1.54) is 12.1 Å². The van der Waals surface area contributed by atoms with Crippen LogP contribution in [0.2, 0.25) is 5.02 Å². The first-order chi connectivity index (χ1) is 8.85. The van der Waals surface area contributed by atoms with Gasteiger partial charge in [-0.15, -0.1) is 11.6 Å². The summed E-state index contributed by atoms with van der Waals surface area (Å²) in [5.74, 6) is -0.430. The van der Waals surface area contributed by atoms with E-state index in [2.05, 4.69) is 5.32 Å². The predicted molar refractivity (Wildman–Crippen MR) is 77.5 cm³/mol. The van der Waals surface area contributed by atoms with Gasteiger partial charge in [0.2, 0.25) is 0 Å². The van der Waals surface area contributed by atoms with Crippen LogP contribution >= 0.6 is 23.2 Å². The zero-order chi connectivity index (χ0) is 14.5. The second-order valence-corrected chi connectivity index (χ2v) is 6.08. The first-order valence-electron chi connectivity index (χ1n) is 6.15. The Morgan fingerprint density at radius 2 is 2.11 bits per heavy atom. The number of carbonyl (C=O) groups is 1. The Morgan fingerprint density at radius 3 is 2.68 bits per heavy atom. The quantitative estimate of drug-likeness (QED) is 0.782. The van der Waals surface area contributed by atoms with E-state index in [1.54, 1.807) is 0 Å². The first kappa shape index (κ1) is 16.3. The lowest BCUT2D eigenvalue weighted by atomic mass is 9.88. The van der Waals surface area contributed by atoms with Crippen molar-refractivity contribution in [3.05, 3.63) is 34.6 Å². The van der Waals surface area contributed by atoms with E-state index in [0.29, 0.717) is 12.4 Å². The summed E-state index contributed by atoms with van der Waals surface area (Å²) < 4.78 is 13.6. The highest BCUT2D eigenvalue weighted by atomic mass is 35.5. The normalized spacial score (nSPS) is 11.4. The molecule has 0 unspecified atom stereocenters. The van der Waals surface area contributed by atoms with Crippen LogP contribution in [0.25, 0.3) is 0 Å². The summed E-state index contributed by atoms with van der Waals surface area (Å²) in [5, 5.41) is 3.02. The molecule has 1 amide bonds. The zero-order valence-electron chi connectivity index (χ0n) is 11.1. The van der Waals surface area contributed by atoms with Gasteiger partial charge in [0, 0.05) is 17.4 Å². The number of benzene rings is 1. The summed E-state index contributed by atoms with van der Waals surface area (Å²) in [5.41, 5.74) is -0.0504. The number of hydrogen-bond donors (Lipinski definition) is 1. The molecule has 0 aromatic heterocycles. The van der Waals surface area contributed by atoms with E-state index in [9.17, 15) is 9.18 Å². The van der Waals surface area contributed by atoms with Crippen LogP contribution in [0.1, 0.15) is 37.0 Å². The molecule has 0 aliphatic carbocycles. The molecule has 0 heterocycles. The molecule has 0 bridgehead atoms. The molecule has 0 atom stereocenters. The summed E-state index contributed by atoms with van der Waals surface area (Å²) in [6.45, 7) is 4.56. The number of hydrogen-bond acceptors (Lipinski definition) is 1. The maximum atomic E-state index is 13.6. The fraction of sp³-hybridized carbons (Fsp3) is 0.500. The molecule has 0 saturated carbocycles. The van der Waals surface area contributed by atoms with Crippen molar-refractivity contribution in [1.29, 1.82) is 0 Å². The number of rotatable bonds is 6. The Balaban J connectivity index is 2.60. The van der Waals surface area contributed by atoms with Crippen LogP contribution in [0.5, 0.6) is 0 Å². The van der Waals surface area contributed by atoms with E-state index in [4.69, 9.17) is 23.2 Å². The number of alkyl halides is 1. The van der Waals surface area contributed by atoms with Gasteiger partial charge in [0.1, 0.15) is 5.82 Å². The van der Waals surface area contributed by atoms with E-state index in [1.807, 2.05) is 13.8 Å². The van der Waals surface area contributed by atoms with E-state index >= 15 is 0 Å². The third-order valence-electron chi connectivity index (χ3n) is 2.89. The number of amides is 1. The van der Waals surface area contributed by atoms with Gasteiger partial charge in [0.15, 0.2) is 0 Å². The second-order valence-electron chi connectivity index (χ2n) is 5.26. The molecule has 19 heavy (non-hydrogen) atoms. The van der Waals surface area contributed by atoms with Gasteiger partial charge in [-0.3, -0.25) is 4.79 Å². The van der Waals surface area contributed by atoms with Crippen LogP contribution in [0, 0.1) is 11.2 Å². The monoisotopic (exact) mass is 305 g/mol. The predicted octanol–water partition coefficient (Wildman–Crippen LogP) is 4.25. The van der Waals surface area contributed by atoms with Crippen LogP contribution in [-0.4, -0.2) is 18.3 Å². The third kappa shape index (κ3) is 5.37. The summed E-state index contributed by atoms with van der Waals surface area (Å²) in [6, 6.07) is 4.02. The van der Waals surface area contributed by atoms with Crippen LogP contribution in [-0.2, 0) is 0 Å². The van der Waals surface area contributed by atoms with Crippen LogP contribution < -0.4 is 5.32 Å². The molecular weight excluding hydrogens is 288 g/mol. The number of carbonyl (C=O) groups excluding carboxylic acids is 1. The Bertz CT molecular complexity index is 449. The van der Waals surface area contributed by atoms with Gasteiger partial charge in [0.25, 0.3) is 5.91 Å². The highest BCUT2D eigenvalue weighted by molar-refractivity contribution is 6.30. The topological polar surface area (TPSA) is 29.1 Å². The van der Waals surface area contributed by atoms with Crippen molar-refractivity contribution in [1.82, 2.24) is 5.32 Å². The molecule has 0 fully saturated rings. The Labute approximate surface area is 123 Å². The molecule has 1 N–H and O–H groups in total. The van der Waals surface area contributed by atoms with Crippen molar-refractivity contribution in [3.63, 3.8) is 0 Å². The largest absolute Gasteiger partial charge is 0.351 e. The van der Waals surface area contributed by atoms with Crippen molar-refractivity contribution < 1.29 is 9.18 Å². The SMILES string of the molecule is CC(C)(CCCCl)CNC(=O)c1ccc(Cl)cc1F. The van der Waals surface area contributed by atoms with Crippen molar-refractivity contribution in [2.75, 3.05) is 12.4 Å². The van der Waals surface area contributed by atoms with Gasteiger partial charge in [0.05, 0.1) is 5.56 Å². The van der Waals surface area contributed by atoms with E-state index in [0.717, 1.165) is 18.9 Å². The van der Waals surface area contributed by atoms with Gasteiger partial charge >= 0.3 is 0 Å². The third-order valence-corrected chi connectivity index (χ3v) is 3.39. The van der Waals surface area contributed by atoms with Crippen molar-refractivity contribution >= 4 is 29.1 Å². The Morgan fingerprint density at radius 1 is 1.42 bits per heavy atom. The maximum absolute atomic E-state index is 13.6. The second kappa shape index (κ2) is 7.11.